The summed E-state index contributed by atoms with van der Waals surface area (Å²) in [4.78, 5) is 0. The first-order valence-electron chi connectivity index (χ1n) is 6.37. The van der Waals surface area contributed by atoms with E-state index < -0.39 is 20.2 Å². The van der Waals surface area contributed by atoms with Crippen LogP contribution in [0, 0.1) is 6.92 Å². The fourth-order valence-corrected chi connectivity index (χ4v) is 3.49. The van der Waals surface area contributed by atoms with E-state index in [0.717, 1.165) is 14.9 Å². The Hall–Kier alpha value is -0.870. The Morgan fingerprint density at radius 3 is 2.27 bits per heavy atom. The molecular formula is C12H20ClN3O4S2. The van der Waals surface area contributed by atoms with E-state index in [1.807, 2.05) is 0 Å². The van der Waals surface area contributed by atoms with E-state index in [-0.39, 0.29) is 13.1 Å². The van der Waals surface area contributed by atoms with Crippen LogP contribution in [0.3, 0.4) is 0 Å². The molecule has 0 unspecified atom stereocenters. The lowest BCUT2D eigenvalue weighted by molar-refractivity contribution is 0.506. The predicted molar refractivity (Wildman–Crippen MR) is 89.0 cm³/mol. The smallest absolute Gasteiger partial charge is 0.269 e. The number of hydrogen-bond donors (Lipinski definition) is 1. The molecule has 0 aliphatic carbocycles. The van der Waals surface area contributed by atoms with E-state index in [4.69, 9.17) is 11.6 Å². The summed E-state index contributed by atoms with van der Waals surface area (Å²) in [6.07, 6.45) is 1.06. The Kier molecular flexibility index (Phi) is 6.22. The summed E-state index contributed by atoms with van der Waals surface area (Å²) >= 11 is 6.02. The van der Waals surface area contributed by atoms with Gasteiger partial charge in [-0.15, -0.1) is 0 Å². The number of benzene rings is 1. The first-order valence-corrected chi connectivity index (χ1v) is 10.0. The fraction of sp³-hybridized carbons (Fsp3) is 0.500. The standard InChI is InChI=1S/C12H20ClN3O4S2/c1-10-11(13)6-5-7-12(10)16(21(4,17)18)9-8-14-22(19,20)15(2)3/h5-7,14H,8-9H2,1-4H3. The van der Waals surface area contributed by atoms with Crippen LogP contribution in [0.2, 0.25) is 5.02 Å². The van der Waals surface area contributed by atoms with Gasteiger partial charge in [-0.05, 0) is 24.6 Å². The van der Waals surface area contributed by atoms with Crippen LogP contribution in [0.25, 0.3) is 0 Å². The summed E-state index contributed by atoms with van der Waals surface area (Å²) in [6, 6.07) is 4.94. The normalized spacial score (nSPS) is 12.6. The zero-order valence-electron chi connectivity index (χ0n) is 12.9. The zero-order chi connectivity index (χ0) is 17.1. The average Bonchev–Trinajstić information content (AvgIpc) is 2.37. The maximum atomic E-state index is 12.0. The van der Waals surface area contributed by atoms with Gasteiger partial charge in [0.25, 0.3) is 10.2 Å². The molecule has 0 radical (unpaired) electrons. The Morgan fingerprint density at radius 2 is 1.77 bits per heavy atom. The Bertz CT molecular complexity index is 733. The highest BCUT2D eigenvalue weighted by molar-refractivity contribution is 7.92. The van der Waals surface area contributed by atoms with E-state index in [1.165, 1.54) is 14.1 Å². The molecule has 0 fully saturated rings. The van der Waals surface area contributed by atoms with E-state index in [0.29, 0.717) is 16.3 Å². The summed E-state index contributed by atoms with van der Waals surface area (Å²) < 4.78 is 51.7. The molecule has 0 aliphatic rings. The molecule has 7 nitrogen and oxygen atoms in total. The van der Waals surface area contributed by atoms with Crippen LogP contribution < -0.4 is 9.03 Å². The van der Waals surface area contributed by atoms with Crippen molar-refractivity contribution in [2.45, 2.75) is 6.92 Å². The van der Waals surface area contributed by atoms with Gasteiger partial charge in [-0.1, -0.05) is 17.7 Å². The molecule has 0 aliphatic heterocycles. The topological polar surface area (TPSA) is 86.8 Å². The van der Waals surface area contributed by atoms with E-state index >= 15 is 0 Å². The van der Waals surface area contributed by atoms with Gasteiger partial charge in [-0.2, -0.15) is 12.7 Å². The van der Waals surface area contributed by atoms with Crippen LogP contribution in [0.15, 0.2) is 18.2 Å². The quantitative estimate of drug-likeness (QED) is 0.770. The number of sulfonamides is 1. The maximum absolute atomic E-state index is 12.0. The third kappa shape index (κ3) is 4.82. The van der Waals surface area contributed by atoms with Gasteiger partial charge in [0.2, 0.25) is 10.0 Å². The molecular weight excluding hydrogens is 350 g/mol. The Balaban J connectivity index is 3.00. The molecule has 0 bridgehead atoms. The van der Waals surface area contributed by atoms with Gasteiger partial charge < -0.3 is 0 Å². The van der Waals surface area contributed by atoms with Crippen LogP contribution in [0.1, 0.15) is 5.56 Å². The Labute approximate surface area is 137 Å². The van der Waals surface area contributed by atoms with Crippen LogP contribution >= 0.6 is 11.6 Å². The van der Waals surface area contributed by atoms with Crippen molar-refractivity contribution in [3.05, 3.63) is 28.8 Å². The molecule has 10 heteroatoms. The lowest BCUT2D eigenvalue weighted by Gasteiger charge is -2.25. The molecule has 0 atom stereocenters. The van der Waals surface area contributed by atoms with Crippen molar-refractivity contribution in [3.63, 3.8) is 0 Å². The predicted octanol–water partition coefficient (Wildman–Crippen LogP) is 0.810. The largest absolute Gasteiger partial charge is 0.278 e. The van der Waals surface area contributed by atoms with Crippen molar-refractivity contribution in [2.24, 2.45) is 0 Å². The average molecular weight is 370 g/mol. The molecule has 1 rings (SSSR count). The second-order valence-corrected chi connectivity index (χ2v) is 9.18. The number of halogens is 1. The van der Waals surface area contributed by atoms with Crippen molar-refractivity contribution in [2.75, 3.05) is 37.7 Å². The third-order valence-corrected chi connectivity index (χ3v) is 6.11. The molecule has 0 saturated carbocycles. The molecule has 1 N–H and O–H groups in total. The number of anilines is 1. The van der Waals surface area contributed by atoms with E-state index in [2.05, 4.69) is 4.72 Å². The lowest BCUT2D eigenvalue weighted by atomic mass is 10.2. The number of nitrogens with one attached hydrogen (secondary N) is 1. The summed E-state index contributed by atoms with van der Waals surface area (Å²) in [6.45, 7) is 1.62. The number of nitrogens with zero attached hydrogens (tertiary/aromatic N) is 2. The van der Waals surface area contributed by atoms with Crippen molar-refractivity contribution in [3.8, 4) is 0 Å². The van der Waals surface area contributed by atoms with E-state index in [1.54, 1.807) is 25.1 Å². The molecule has 126 valence electrons. The summed E-state index contributed by atoms with van der Waals surface area (Å²) in [5, 5.41) is 0.444. The first kappa shape index (κ1) is 19.2. The molecule has 0 saturated heterocycles. The molecule has 0 aromatic heterocycles. The minimum absolute atomic E-state index is 0.0346. The van der Waals surface area contributed by atoms with E-state index in [9.17, 15) is 16.8 Å². The van der Waals surface area contributed by atoms with Gasteiger partial charge >= 0.3 is 0 Å². The highest BCUT2D eigenvalue weighted by Gasteiger charge is 2.21. The van der Waals surface area contributed by atoms with Crippen molar-refractivity contribution < 1.29 is 16.8 Å². The Morgan fingerprint density at radius 1 is 1.18 bits per heavy atom. The molecule has 1 aromatic rings. The van der Waals surface area contributed by atoms with Gasteiger partial charge in [0.05, 0.1) is 11.9 Å². The molecule has 0 amide bonds. The molecule has 0 spiro atoms. The third-order valence-electron chi connectivity index (χ3n) is 2.99. The summed E-state index contributed by atoms with van der Waals surface area (Å²) in [5.74, 6) is 0. The van der Waals surface area contributed by atoms with Gasteiger partial charge in [0.1, 0.15) is 0 Å². The van der Waals surface area contributed by atoms with Crippen LogP contribution in [0.5, 0.6) is 0 Å². The minimum Gasteiger partial charge on any atom is -0.269 e. The van der Waals surface area contributed by atoms with Gasteiger partial charge in [0, 0.05) is 32.2 Å². The summed E-state index contributed by atoms with van der Waals surface area (Å²) in [7, 11) is -4.40. The van der Waals surface area contributed by atoms with Gasteiger partial charge in [-0.3, -0.25) is 4.31 Å². The molecule has 22 heavy (non-hydrogen) atoms. The SMILES string of the molecule is Cc1c(Cl)cccc1N(CCNS(=O)(=O)N(C)C)S(C)(=O)=O. The highest BCUT2D eigenvalue weighted by Crippen LogP contribution is 2.27. The highest BCUT2D eigenvalue weighted by atomic mass is 35.5. The fourth-order valence-electron chi connectivity index (χ4n) is 1.74. The minimum atomic E-state index is -3.60. The summed E-state index contributed by atoms with van der Waals surface area (Å²) in [5.41, 5.74) is 1.05. The second-order valence-electron chi connectivity index (χ2n) is 4.90. The van der Waals surface area contributed by atoms with Gasteiger partial charge in [-0.25, -0.2) is 13.1 Å². The molecule has 1 aromatic carbocycles. The zero-order valence-corrected chi connectivity index (χ0v) is 15.3. The van der Waals surface area contributed by atoms with Crippen LogP contribution in [-0.2, 0) is 20.2 Å². The van der Waals surface area contributed by atoms with Crippen molar-refractivity contribution in [1.29, 1.82) is 0 Å². The first-order chi connectivity index (χ1) is 9.97. The number of hydrogen-bond acceptors (Lipinski definition) is 4. The van der Waals surface area contributed by atoms with Crippen molar-refractivity contribution in [1.82, 2.24) is 9.03 Å². The maximum Gasteiger partial charge on any atom is 0.278 e. The monoisotopic (exact) mass is 369 g/mol. The van der Waals surface area contributed by atoms with Crippen LogP contribution in [-0.4, -0.2) is 54.6 Å². The number of rotatable bonds is 7. The van der Waals surface area contributed by atoms with Crippen LogP contribution in [0.4, 0.5) is 5.69 Å². The second kappa shape index (κ2) is 7.14. The molecule has 0 heterocycles. The lowest BCUT2D eigenvalue weighted by Crippen LogP contribution is -2.42. The van der Waals surface area contributed by atoms with Crippen molar-refractivity contribution >= 4 is 37.5 Å². The van der Waals surface area contributed by atoms with Gasteiger partial charge in [0.15, 0.2) is 0 Å².